The summed E-state index contributed by atoms with van der Waals surface area (Å²) in [6.45, 7) is 1.38. The fourth-order valence-electron chi connectivity index (χ4n) is 3.62. The van der Waals surface area contributed by atoms with E-state index in [1.165, 1.54) is 19.1 Å². The summed E-state index contributed by atoms with van der Waals surface area (Å²) in [4.78, 5) is 38.4. The Morgan fingerprint density at radius 1 is 1.22 bits per heavy atom. The van der Waals surface area contributed by atoms with Gasteiger partial charge in [-0.1, -0.05) is 25.3 Å². The minimum absolute atomic E-state index is 0.0545. The lowest BCUT2D eigenvalue weighted by Crippen LogP contribution is -2.50. The molecule has 4 amide bonds. The molecule has 1 atom stereocenters. The summed E-state index contributed by atoms with van der Waals surface area (Å²) in [5, 5.41) is 5.06. The molecular weight excluding hydrogens is 363 g/mol. The van der Waals surface area contributed by atoms with Crippen LogP contribution in [0.15, 0.2) is 24.3 Å². The van der Waals surface area contributed by atoms with Gasteiger partial charge >= 0.3 is 12.2 Å². The molecule has 1 saturated carbocycles. The average Bonchev–Trinajstić information content (AvgIpc) is 2.84. The molecule has 2 aliphatic rings. The first-order chi connectivity index (χ1) is 12.6. The Morgan fingerprint density at radius 3 is 2.52 bits per heavy atom. The number of rotatable bonds is 3. The van der Waals surface area contributed by atoms with E-state index in [9.17, 15) is 27.6 Å². The summed E-state index contributed by atoms with van der Waals surface area (Å²) in [6, 6.07) is 2.40. The monoisotopic (exact) mass is 383 g/mol. The SMILES string of the molecule is C[C@@H](C(=O)Nc1cccc(C(F)(F)F)c1)N1C(=O)NC2(CCCCC2)C1=O. The van der Waals surface area contributed by atoms with Crippen LogP contribution >= 0.6 is 0 Å². The first-order valence-corrected chi connectivity index (χ1v) is 8.78. The van der Waals surface area contributed by atoms with Crippen molar-refractivity contribution in [1.29, 1.82) is 0 Å². The highest BCUT2D eigenvalue weighted by Gasteiger charge is 2.53. The van der Waals surface area contributed by atoms with Gasteiger partial charge in [0.1, 0.15) is 11.6 Å². The molecule has 3 rings (SSSR count). The first-order valence-electron chi connectivity index (χ1n) is 8.78. The molecule has 0 unspecified atom stereocenters. The van der Waals surface area contributed by atoms with E-state index >= 15 is 0 Å². The number of amides is 4. The number of carbonyl (C=O) groups is 3. The van der Waals surface area contributed by atoms with Gasteiger partial charge in [0.05, 0.1) is 5.56 Å². The normalized spacial score (nSPS) is 20.5. The number of alkyl halides is 3. The molecule has 1 spiro atoms. The van der Waals surface area contributed by atoms with Crippen LogP contribution in [0.5, 0.6) is 0 Å². The summed E-state index contributed by atoms with van der Waals surface area (Å²) < 4.78 is 38.4. The third-order valence-corrected chi connectivity index (χ3v) is 5.12. The molecule has 1 aromatic rings. The number of benzene rings is 1. The third-order valence-electron chi connectivity index (χ3n) is 5.12. The summed E-state index contributed by atoms with van der Waals surface area (Å²) in [7, 11) is 0. The topological polar surface area (TPSA) is 78.5 Å². The van der Waals surface area contributed by atoms with Crippen LogP contribution in [0.25, 0.3) is 0 Å². The summed E-state index contributed by atoms with van der Waals surface area (Å²) >= 11 is 0. The van der Waals surface area contributed by atoms with Crippen molar-refractivity contribution in [3.63, 3.8) is 0 Å². The van der Waals surface area contributed by atoms with Gasteiger partial charge in [-0.05, 0) is 38.0 Å². The molecule has 1 saturated heterocycles. The highest BCUT2D eigenvalue weighted by Crippen LogP contribution is 2.35. The quantitative estimate of drug-likeness (QED) is 0.787. The number of hydrogen-bond acceptors (Lipinski definition) is 3. The van der Waals surface area contributed by atoms with E-state index in [4.69, 9.17) is 0 Å². The van der Waals surface area contributed by atoms with Gasteiger partial charge < -0.3 is 10.6 Å². The molecule has 1 aliphatic heterocycles. The lowest BCUT2D eigenvalue weighted by atomic mass is 9.81. The molecule has 6 nitrogen and oxygen atoms in total. The van der Waals surface area contributed by atoms with Crippen LogP contribution in [0.2, 0.25) is 0 Å². The lowest BCUT2D eigenvalue weighted by Gasteiger charge is -2.31. The highest BCUT2D eigenvalue weighted by atomic mass is 19.4. The summed E-state index contributed by atoms with van der Waals surface area (Å²) in [6.07, 6.45) is -0.886. The van der Waals surface area contributed by atoms with Gasteiger partial charge in [0, 0.05) is 5.69 Å². The molecule has 9 heteroatoms. The second-order valence-corrected chi connectivity index (χ2v) is 6.99. The number of urea groups is 1. The van der Waals surface area contributed by atoms with Crippen LogP contribution in [-0.4, -0.2) is 34.3 Å². The van der Waals surface area contributed by atoms with E-state index in [1.807, 2.05) is 0 Å². The maximum atomic E-state index is 12.8. The zero-order valence-corrected chi connectivity index (χ0v) is 14.7. The molecular formula is C18H20F3N3O3. The van der Waals surface area contributed by atoms with Crippen LogP contribution in [0.4, 0.5) is 23.7 Å². The van der Waals surface area contributed by atoms with Gasteiger partial charge in [-0.15, -0.1) is 0 Å². The Balaban J connectivity index is 1.74. The number of nitrogens with one attached hydrogen (secondary N) is 2. The molecule has 0 bridgehead atoms. The Morgan fingerprint density at radius 2 is 1.89 bits per heavy atom. The molecule has 2 N–H and O–H groups in total. The van der Waals surface area contributed by atoms with Crippen molar-refractivity contribution < 1.29 is 27.6 Å². The van der Waals surface area contributed by atoms with Gasteiger partial charge in [0.15, 0.2) is 0 Å². The van der Waals surface area contributed by atoms with Crippen LogP contribution < -0.4 is 10.6 Å². The van der Waals surface area contributed by atoms with E-state index < -0.39 is 41.2 Å². The van der Waals surface area contributed by atoms with Crippen molar-refractivity contribution in [3.05, 3.63) is 29.8 Å². The summed E-state index contributed by atoms with van der Waals surface area (Å²) in [5.41, 5.74) is -1.91. The second-order valence-electron chi connectivity index (χ2n) is 6.99. The van der Waals surface area contributed by atoms with Gasteiger partial charge in [-0.2, -0.15) is 13.2 Å². The molecule has 1 aliphatic carbocycles. The largest absolute Gasteiger partial charge is 0.416 e. The van der Waals surface area contributed by atoms with Crippen LogP contribution in [-0.2, 0) is 15.8 Å². The zero-order chi connectivity index (χ0) is 19.8. The highest BCUT2D eigenvalue weighted by molar-refractivity contribution is 6.11. The van der Waals surface area contributed by atoms with Crippen LogP contribution in [0, 0.1) is 0 Å². The molecule has 2 fully saturated rings. The molecule has 1 heterocycles. The van der Waals surface area contributed by atoms with E-state index in [-0.39, 0.29) is 5.69 Å². The second kappa shape index (κ2) is 6.86. The van der Waals surface area contributed by atoms with E-state index in [2.05, 4.69) is 10.6 Å². The van der Waals surface area contributed by atoms with Gasteiger partial charge in [-0.25, -0.2) is 9.69 Å². The third kappa shape index (κ3) is 3.63. The minimum Gasteiger partial charge on any atom is -0.324 e. The Labute approximate surface area is 154 Å². The van der Waals surface area contributed by atoms with Crippen molar-refractivity contribution in [1.82, 2.24) is 10.2 Å². The zero-order valence-electron chi connectivity index (χ0n) is 14.7. The first kappa shape index (κ1) is 19.2. The Kier molecular flexibility index (Phi) is 4.88. The number of nitrogens with zero attached hydrogens (tertiary/aromatic N) is 1. The molecule has 0 radical (unpaired) electrons. The molecule has 146 valence electrons. The molecule has 27 heavy (non-hydrogen) atoms. The average molecular weight is 383 g/mol. The Hall–Kier alpha value is -2.58. The number of halogens is 3. The van der Waals surface area contributed by atoms with Crippen molar-refractivity contribution >= 4 is 23.5 Å². The van der Waals surface area contributed by atoms with Gasteiger partial charge in [0.2, 0.25) is 5.91 Å². The van der Waals surface area contributed by atoms with Crippen molar-refractivity contribution in [2.24, 2.45) is 0 Å². The number of carbonyl (C=O) groups excluding carboxylic acids is 3. The maximum Gasteiger partial charge on any atom is 0.416 e. The van der Waals surface area contributed by atoms with Crippen molar-refractivity contribution in [3.8, 4) is 0 Å². The number of hydrogen-bond donors (Lipinski definition) is 2. The van der Waals surface area contributed by atoms with E-state index in [0.717, 1.165) is 36.3 Å². The Bertz CT molecular complexity index is 773. The number of imide groups is 1. The van der Waals surface area contributed by atoms with Crippen LogP contribution in [0.1, 0.15) is 44.6 Å². The predicted molar refractivity (Wildman–Crippen MR) is 90.7 cm³/mol. The fourth-order valence-corrected chi connectivity index (χ4v) is 3.62. The minimum atomic E-state index is -4.54. The lowest BCUT2D eigenvalue weighted by molar-refractivity contribution is -0.137. The summed E-state index contributed by atoms with van der Waals surface area (Å²) in [5.74, 6) is -1.18. The van der Waals surface area contributed by atoms with Gasteiger partial charge in [-0.3, -0.25) is 9.59 Å². The molecule has 0 aromatic heterocycles. The van der Waals surface area contributed by atoms with Crippen LogP contribution in [0.3, 0.4) is 0 Å². The number of anilines is 1. The van der Waals surface area contributed by atoms with Gasteiger partial charge in [0.25, 0.3) is 5.91 Å². The smallest absolute Gasteiger partial charge is 0.324 e. The van der Waals surface area contributed by atoms with E-state index in [1.54, 1.807) is 0 Å². The van der Waals surface area contributed by atoms with E-state index in [0.29, 0.717) is 12.8 Å². The van der Waals surface area contributed by atoms with Crippen molar-refractivity contribution in [2.75, 3.05) is 5.32 Å². The standard InChI is InChI=1S/C18H20F3N3O3/c1-11(14(25)22-13-7-5-6-12(10-13)18(19,20)21)24-15(26)17(23-16(24)27)8-3-2-4-9-17/h5-7,10-11H,2-4,8-9H2,1H3,(H,22,25)(H,23,27)/t11-/m0/s1. The maximum absolute atomic E-state index is 12.8. The molecule has 1 aromatic carbocycles. The van der Waals surface area contributed by atoms with Crippen molar-refractivity contribution in [2.45, 2.75) is 56.8 Å². The predicted octanol–water partition coefficient (Wildman–Crippen LogP) is 3.29. The fraction of sp³-hybridized carbons (Fsp3) is 0.500.